The molecule has 1 unspecified atom stereocenters. The van der Waals surface area contributed by atoms with Gasteiger partial charge in [0.15, 0.2) is 0 Å². The lowest BCUT2D eigenvalue weighted by molar-refractivity contribution is 0.0678. The van der Waals surface area contributed by atoms with Gasteiger partial charge >= 0.3 is 0 Å². The number of nitrogens with zero attached hydrogens (tertiary/aromatic N) is 1. The summed E-state index contributed by atoms with van der Waals surface area (Å²) in [4.78, 5) is 16.1. The predicted octanol–water partition coefficient (Wildman–Crippen LogP) is 4.11. The highest BCUT2D eigenvalue weighted by molar-refractivity contribution is 7.09. The average molecular weight is 357 g/mol. The Morgan fingerprint density at radius 1 is 1.20 bits per heavy atom. The summed E-state index contributed by atoms with van der Waals surface area (Å²) in [7, 11) is 0. The molecule has 4 rings (SSSR count). The van der Waals surface area contributed by atoms with Crippen LogP contribution in [0.4, 0.5) is 0 Å². The fourth-order valence-corrected chi connectivity index (χ4v) is 3.85. The summed E-state index contributed by atoms with van der Waals surface area (Å²) in [5, 5.41) is 2.06. The first-order chi connectivity index (χ1) is 12.3. The molecule has 1 saturated carbocycles. The van der Waals surface area contributed by atoms with E-state index in [1.165, 1.54) is 4.88 Å². The minimum Gasteiger partial charge on any atom is -0.491 e. The van der Waals surface area contributed by atoms with Crippen LogP contribution in [0.1, 0.15) is 40.9 Å². The van der Waals surface area contributed by atoms with Gasteiger partial charge in [-0.2, -0.15) is 0 Å². The molecule has 1 aromatic heterocycles. The van der Waals surface area contributed by atoms with Crippen molar-refractivity contribution in [2.75, 3.05) is 13.2 Å². The molecule has 0 spiro atoms. The molecular weight excluding hydrogens is 334 g/mol. The Labute approximate surface area is 152 Å². The Morgan fingerprint density at radius 2 is 2.04 bits per heavy atom. The third-order valence-corrected chi connectivity index (χ3v) is 5.58. The number of carbonyl (C=O) groups excluding carboxylic acids is 1. The third kappa shape index (κ3) is 4.22. The number of thiophene rings is 1. The van der Waals surface area contributed by atoms with Crippen molar-refractivity contribution in [3.05, 3.63) is 52.2 Å². The fraction of sp³-hybridized carbons (Fsp3) is 0.450. The fourth-order valence-electron chi connectivity index (χ4n) is 3.15. The molecule has 2 heterocycles. The van der Waals surface area contributed by atoms with Gasteiger partial charge in [0.2, 0.25) is 0 Å². The molecule has 1 aliphatic carbocycles. The molecule has 25 heavy (non-hydrogen) atoms. The standard InChI is InChI=1S/C20H23NO3S/c22-20(21(16-7-8-16)13-19-4-2-12-25-19)15-5-9-17(10-6-15)24-14-18-3-1-11-23-18/h2,4-6,9-10,12,16,18H,1,3,7-8,11,13-14H2. The summed E-state index contributed by atoms with van der Waals surface area (Å²) in [6.07, 6.45) is 4.61. The van der Waals surface area contributed by atoms with Crippen molar-refractivity contribution >= 4 is 17.2 Å². The molecule has 1 saturated heterocycles. The van der Waals surface area contributed by atoms with Gasteiger partial charge < -0.3 is 14.4 Å². The summed E-state index contributed by atoms with van der Waals surface area (Å²) in [6, 6.07) is 12.0. The number of rotatable bonds is 7. The number of hydrogen-bond donors (Lipinski definition) is 0. The van der Waals surface area contributed by atoms with Crippen molar-refractivity contribution in [1.82, 2.24) is 4.90 Å². The molecule has 0 radical (unpaired) electrons. The molecular formula is C20H23NO3S. The van der Waals surface area contributed by atoms with Gasteiger partial charge in [0, 0.05) is 23.1 Å². The van der Waals surface area contributed by atoms with Crippen LogP contribution >= 0.6 is 11.3 Å². The van der Waals surface area contributed by atoms with E-state index in [4.69, 9.17) is 9.47 Å². The molecule has 2 fully saturated rings. The van der Waals surface area contributed by atoms with E-state index in [0.717, 1.165) is 43.6 Å². The van der Waals surface area contributed by atoms with Crippen LogP contribution < -0.4 is 4.74 Å². The van der Waals surface area contributed by atoms with Crippen LogP contribution in [0.25, 0.3) is 0 Å². The van der Waals surface area contributed by atoms with Crippen LogP contribution in [0.3, 0.4) is 0 Å². The second kappa shape index (κ2) is 7.58. The molecule has 1 amide bonds. The van der Waals surface area contributed by atoms with E-state index in [1.807, 2.05) is 35.2 Å². The van der Waals surface area contributed by atoms with Gasteiger partial charge in [-0.3, -0.25) is 4.79 Å². The van der Waals surface area contributed by atoms with E-state index in [1.54, 1.807) is 11.3 Å². The Kier molecular flexibility index (Phi) is 5.04. The zero-order valence-corrected chi connectivity index (χ0v) is 15.0. The van der Waals surface area contributed by atoms with Crippen molar-refractivity contribution in [3.63, 3.8) is 0 Å². The zero-order chi connectivity index (χ0) is 17.1. The van der Waals surface area contributed by atoms with E-state index < -0.39 is 0 Å². The van der Waals surface area contributed by atoms with Gasteiger partial charge in [-0.15, -0.1) is 11.3 Å². The largest absolute Gasteiger partial charge is 0.491 e. The molecule has 0 bridgehead atoms. The van der Waals surface area contributed by atoms with Gasteiger partial charge in [-0.05, 0) is 61.4 Å². The molecule has 1 atom stereocenters. The zero-order valence-electron chi connectivity index (χ0n) is 14.2. The lowest BCUT2D eigenvalue weighted by Crippen LogP contribution is -2.32. The number of hydrogen-bond acceptors (Lipinski definition) is 4. The van der Waals surface area contributed by atoms with Gasteiger partial charge in [0.05, 0.1) is 12.6 Å². The van der Waals surface area contributed by atoms with Crippen LogP contribution in [-0.2, 0) is 11.3 Å². The molecule has 132 valence electrons. The summed E-state index contributed by atoms with van der Waals surface area (Å²) in [6.45, 7) is 2.13. The number of ether oxygens (including phenoxy) is 2. The van der Waals surface area contributed by atoms with Crippen LogP contribution in [0, 0.1) is 0 Å². The van der Waals surface area contributed by atoms with E-state index in [0.29, 0.717) is 19.2 Å². The summed E-state index contributed by atoms with van der Waals surface area (Å²) >= 11 is 1.70. The van der Waals surface area contributed by atoms with Crippen LogP contribution in [-0.4, -0.2) is 36.2 Å². The molecule has 2 aliphatic rings. The first kappa shape index (κ1) is 16.6. The van der Waals surface area contributed by atoms with Gasteiger partial charge in [-0.1, -0.05) is 6.07 Å². The van der Waals surface area contributed by atoms with Gasteiger partial charge in [0.1, 0.15) is 12.4 Å². The average Bonchev–Trinajstić information content (AvgIpc) is 3.12. The van der Waals surface area contributed by atoms with E-state index in [-0.39, 0.29) is 12.0 Å². The molecule has 4 nitrogen and oxygen atoms in total. The number of benzene rings is 1. The quantitative estimate of drug-likeness (QED) is 0.748. The summed E-state index contributed by atoms with van der Waals surface area (Å²) in [5.41, 5.74) is 0.730. The van der Waals surface area contributed by atoms with Crippen molar-refractivity contribution in [2.24, 2.45) is 0 Å². The maximum absolute atomic E-state index is 12.9. The van der Waals surface area contributed by atoms with Gasteiger partial charge in [-0.25, -0.2) is 0 Å². The Morgan fingerprint density at radius 3 is 2.68 bits per heavy atom. The summed E-state index contributed by atoms with van der Waals surface area (Å²) in [5.74, 6) is 0.907. The van der Waals surface area contributed by atoms with Crippen molar-refractivity contribution in [2.45, 2.75) is 44.4 Å². The molecule has 1 aromatic carbocycles. The van der Waals surface area contributed by atoms with Crippen molar-refractivity contribution in [1.29, 1.82) is 0 Å². The van der Waals surface area contributed by atoms with Crippen LogP contribution in [0.2, 0.25) is 0 Å². The highest BCUT2D eigenvalue weighted by Gasteiger charge is 2.33. The minimum atomic E-state index is 0.113. The first-order valence-electron chi connectivity index (χ1n) is 8.97. The first-order valence-corrected chi connectivity index (χ1v) is 9.85. The molecule has 5 heteroatoms. The van der Waals surface area contributed by atoms with Crippen molar-refractivity contribution < 1.29 is 14.3 Å². The lowest BCUT2D eigenvalue weighted by Gasteiger charge is -2.22. The van der Waals surface area contributed by atoms with Crippen LogP contribution in [0.15, 0.2) is 41.8 Å². The maximum atomic E-state index is 12.9. The third-order valence-electron chi connectivity index (χ3n) is 4.72. The Balaban J connectivity index is 1.38. The minimum absolute atomic E-state index is 0.113. The smallest absolute Gasteiger partial charge is 0.254 e. The molecule has 1 aliphatic heterocycles. The molecule has 0 N–H and O–H groups in total. The SMILES string of the molecule is O=C(c1ccc(OCC2CCCO2)cc1)N(Cc1cccs1)C1CC1. The number of amides is 1. The maximum Gasteiger partial charge on any atom is 0.254 e. The summed E-state index contributed by atoms with van der Waals surface area (Å²) < 4.78 is 11.3. The topological polar surface area (TPSA) is 38.8 Å². The van der Waals surface area contributed by atoms with Crippen molar-refractivity contribution in [3.8, 4) is 5.75 Å². The Bertz CT molecular complexity index is 688. The predicted molar refractivity (Wildman–Crippen MR) is 98.1 cm³/mol. The van der Waals surface area contributed by atoms with E-state index in [9.17, 15) is 4.79 Å². The van der Waals surface area contributed by atoms with E-state index in [2.05, 4.69) is 11.4 Å². The highest BCUT2D eigenvalue weighted by Crippen LogP contribution is 2.31. The number of carbonyl (C=O) groups is 1. The monoisotopic (exact) mass is 357 g/mol. The highest BCUT2D eigenvalue weighted by atomic mass is 32.1. The van der Waals surface area contributed by atoms with Crippen LogP contribution in [0.5, 0.6) is 5.75 Å². The Hall–Kier alpha value is -1.85. The lowest BCUT2D eigenvalue weighted by atomic mass is 10.2. The second-order valence-electron chi connectivity index (χ2n) is 6.71. The second-order valence-corrected chi connectivity index (χ2v) is 7.75. The molecule has 2 aromatic rings. The normalized spacial score (nSPS) is 19.8. The van der Waals surface area contributed by atoms with E-state index >= 15 is 0 Å². The van der Waals surface area contributed by atoms with Gasteiger partial charge in [0.25, 0.3) is 5.91 Å².